The van der Waals surface area contributed by atoms with Crippen LogP contribution in [-0.4, -0.2) is 33.2 Å². The van der Waals surface area contributed by atoms with Crippen LogP contribution in [0.2, 0.25) is 0 Å². The summed E-state index contributed by atoms with van der Waals surface area (Å²) in [5.41, 5.74) is 0.134. The molecule has 2 atom stereocenters. The summed E-state index contributed by atoms with van der Waals surface area (Å²) in [6.07, 6.45) is 6.15. The van der Waals surface area contributed by atoms with Gasteiger partial charge < -0.3 is 10.2 Å². The fraction of sp³-hybridized carbons (Fsp3) is 0.400. The predicted octanol–water partition coefficient (Wildman–Crippen LogP) is 1.39. The zero-order valence-corrected chi connectivity index (χ0v) is 9.25. The fourth-order valence-electron chi connectivity index (χ4n) is 1.66. The molecule has 82 valence electrons. The molecule has 0 spiro atoms. The van der Waals surface area contributed by atoms with Gasteiger partial charge in [-0.1, -0.05) is 25.2 Å². The maximum absolute atomic E-state index is 11.2. The lowest BCUT2D eigenvalue weighted by Crippen LogP contribution is -2.42. The van der Waals surface area contributed by atoms with Crippen molar-refractivity contribution in [1.82, 2.24) is 0 Å². The van der Waals surface area contributed by atoms with Crippen LogP contribution in [0.25, 0.3) is 0 Å². The topological polar surface area (TPSA) is 74.6 Å². The largest absolute Gasteiger partial charge is 0.480 e. The van der Waals surface area contributed by atoms with Crippen molar-refractivity contribution >= 4 is 23.7 Å². The van der Waals surface area contributed by atoms with Gasteiger partial charge in [-0.25, -0.2) is 4.79 Å². The van der Waals surface area contributed by atoms with Crippen molar-refractivity contribution in [3.05, 3.63) is 23.8 Å². The molecular weight excluding hydrogens is 216 g/mol. The molecule has 0 aliphatic heterocycles. The van der Waals surface area contributed by atoms with E-state index < -0.39 is 22.6 Å². The molecule has 15 heavy (non-hydrogen) atoms. The van der Waals surface area contributed by atoms with Crippen LogP contribution in [-0.2, 0) is 9.59 Å². The molecule has 0 saturated heterocycles. The molecular formula is C10H12O4S. The summed E-state index contributed by atoms with van der Waals surface area (Å²) in [5, 5.41) is 18.1. The highest BCUT2D eigenvalue weighted by atomic mass is 32.2. The van der Waals surface area contributed by atoms with E-state index in [1.807, 2.05) is 0 Å². The first-order chi connectivity index (χ1) is 6.95. The first-order valence-electron chi connectivity index (χ1n) is 4.37. The quantitative estimate of drug-likeness (QED) is 0.763. The number of aliphatic carboxylic acids is 2. The van der Waals surface area contributed by atoms with Crippen LogP contribution in [0.15, 0.2) is 23.8 Å². The van der Waals surface area contributed by atoms with Gasteiger partial charge in [0.25, 0.3) is 0 Å². The third-order valence-electron chi connectivity index (χ3n) is 2.65. The van der Waals surface area contributed by atoms with Gasteiger partial charge in [0, 0.05) is 11.5 Å². The first-order valence-corrected chi connectivity index (χ1v) is 5.59. The van der Waals surface area contributed by atoms with Crippen molar-refractivity contribution in [1.29, 1.82) is 0 Å². The number of carboxylic acids is 2. The normalized spacial score (nSPS) is 29.7. The zero-order chi connectivity index (χ0) is 11.6. The molecule has 0 fully saturated rings. The van der Waals surface area contributed by atoms with Crippen molar-refractivity contribution in [3.8, 4) is 0 Å². The molecule has 0 amide bonds. The van der Waals surface area contributed by atoms with Crippen LogP contribution in [0.3, 0.4) is 0 Å². The van der Waals surface area contributed by atoms with E-state index in [0.29, 0.717) is 0 Å². The van der Waals surface area contributed by atoms with E-state index in [1.165, 1.54) is 18.2 Å². The molecule has 4 nitrogen and oxygen atoms in total. The average Bonchev–Trinajstić information content (AvgIpc) is 2.17. The number of hydrogen-bond acceptors (Lipinski definition) is 3. The average molecular weight is 228 g/mol. The summed E-state index contributed by atoms with van der Waals surface area (Å²) in [5.74, 6) is -2.62. The van der Waals surface area contributed by atoms with Crippen molar-refractivity contribution < 1.29 is 19.8 Å². The second-order valence-electron chi connectivity index (χ2n) is 3.31. The molecule has 1 aliphatic rings. The Kier molecular flexibility index (Phi) is 3.24. The Hall–Kier alpha value is -1.23. The Labute approximate surface area is 91.7 Å². The molecule has 0 bridgehead atoms. The van der Waals surface area contributed by atoms with Gasteiger partial charge in [-0.3, -0.25) is 4.79 Å². The number of carboxylic acid groups (broad SMARTS) is 2. The van der Waals surface area contributed by atoms with Gasteiger partial charge in [0.2, 0.25) is 0 Å². The maximum atomic E-state index is 11.2. The van der Waals surface area contributed by atoms with Crippen molar-refractivity contribution in [2.45, 2.75) is 11.7 Å². The zero-order valence-electron chi connectivity index (χ0n) is 8.43. The molecule has 2 N–H and O–H groups in total. The fourth-order valence-corrected chi connectivity index (χ4v) is 2.53. The molecule has 0 aromatic rings. The Bertz CT molecular complexity index is 358. The lowest BCUT2D eigenvalue weighted by atomic mass is 9.82. The third-order valence-corrected chi connectivity index (χ3v) is 3.99. The maximum Gasteiger partial charge on any atom is 0.331 e. The summed E-state index contributed by atoms with van der Waals surface area (Å²) in [6, 6.07) is 0. The highest BCUT2D eigenvalue weighted by molar-refractivity contribution is 8.00. The third kappa shape index (κ3) is 1.79. The van der Waals surface area contributed by atoms with Gasteiger partial charge in [0.05, 0.1) is 0 Å². The number of hydrogen-bond donors (Lipinski definition) is 2. The van der Waals surface area contributed by atoms with E-state index in [-0.39, 0.29) is 5.57 Å². The summed E-state index contributed by atoms with van der Waals surface area (Å²) >= 11 is 1.14. The van der Waals surface area contributed by atoms with Crippen LogP contribution in [0.5, 0.6) is 0 Å². The minimum absolute atomic E-state index is 0.134. The summed E-state index contributed by atoms with van der Waals surface area (Å²) in [6.45, 7) is 1.62. The standard InChI is InChI=1S/C10H12O4S/c1-6-7(8(11)12)4-3-5-10(6,15-2)9(13)14/h3-6H,1-2H3,(H,11,12)(H,13,14). The Morgan fingerprint density at radius 2 is 2.07 bits per heavy atom. The SMILES string of the molecule is CSC1(C(=O)O)C=CC=C(C(=O)O)C1C. The molecule has 0 aromatic heterocycles. The van der Waals surface area contributed by atoms with Crippen molar-refractivity contribution in [3.63, 3.8) is 0 Å². The van der Waals surface area contributed by atoms with Gasteiger partial charge in [-0.05, 0) is 6.26 Å². The Morgan fingerprint density at radius 3 is 2.47 bits per heavy atom. The summed E-state index contributed by atoms with van der Waals surface area (Å²) in [7, 11) is 0. The van der Waals surface area contributed by atoms with E-state index >= 15 is 0 Å². The van der Waals surface area contributed by atoms with Crippen molar-refractivity contribution in [2.75, 3.05) is 6.26 Å². The minimum atomic E-state index is -1.16. The smallest absolute Gasteiger partial charge is 0.331 e. The lowest BCUT2D eigenvalue weighted by molar-refractivity contribution is -0.139. The van der Waals surface area contributed by atoms with Crippen LogP contribution >= 0.6 is 11.8 Å². The highest BCUT2D eigenvalue weighted by Crippen LogP contribution is 2.40. The van der Waals surface area contributed by atoms with Crippen molar-refractivity contribution in [2.24, 2.45) is 5.92 Å². The second kappa shape index (κ2) is 4.10. The van der Waals surface area contributed by atoms with Crippen LogP contribution in [0.1, 0.15) is 6.92 Å². The predicted molar refractivity (Wildman–Crippen MR) is 57.9 cm³/mol. The van der Waals surface area contributed by atoms with Gasteiger partial charge in [-0.15, -0.1) is 11.8 Å². The Balaban J connectivity index is 3.18. The monoisotopic (exact) mass is 228 g/mol. The second-order valence-corrected chi connectivity index (χ2v) is 4.39. The molecule has 2 unspecified atom stereocenters. The molecule has 1 rings (SSSR count). The number of carbonyl (C=O) groups is 2. The van der Waals surface area contributed by atoms with E-state index in [1.54, 1.807) is 13.2 Å². The van der Waals surface area contributed by atoms with E-state index in [9.17, 15) is 9.59 Å². The van der Waals surface area contributed by atoms with E-state index in [2.05, 4.69) is 0 Å². The van der Waals surface area contributed by atoms with E-state index in [0.717, 1.165) is 11.8 Å². The van der Waals surface area contributed by atoms with Gasteiger partial charge in [0.15, 0.2) is 0 Å². The molecule has 0 aromatic carbocycles. The number of thioether (sulfide) groups is 1. The lowest BCUT2D eigenvalue weighted by Gasteiger charge is -2.33. The van der Waals surface area contributed by atoms with E-state index in [4.69, 9.17) is 10.2 Å². The highest BCUT2D eigenvalue weighted by Gasteiger charge is 2.45. The molecule has 0 saturated carbocycles. The van der Waals surface area contributed by atoms with Crippen LogP contribution in [0.4, 0.5) is 0 Å². The number of allylic oxidation sites excluding steroid dienone is 2. The van der Waals surface area contributed by atoms with Gasteiger partial charge >= 0.3 is 11.9 Å². The minimum Gasteiger partial charge on any atom is -0.480 e. The molecule has 5 heteroatoms. The van der Waals surface area contributed by atoms with Crippen LogP contribution < -0.4 is 0 Å². The van der Waals surface area contributed by atoms with Gasteiger partial charge in [-0.2, -0.15) is 0 Å². The first kappa shape index (κ1) is 11.8. The van der Waals surface area contributed by atoms with Crippen LogP contribution in [0, 0.1) is 5.92 Å². The molecule has 0 radical (unpaired) electrons. The van der Waals surface area contributed by atoms with Gasteiger partial charge in [0.1, 0.15) is 4.75 Å². The molecule has 1 aliphatic carbocycles. The molecule has 0 heterocycles. The summed E-state index contributed by atoms with van der Waals surface area (Å²) in [4.78, 5) is 22.1. The summed E-state index contributed by atoms with van der Waals surface area (Å²) < 4.78 is -1.16. The Morgan fingerprint density at radius 1 is 1.47 bits per heavy atom. The number of rotatable bonds is 3.